The number of nitrogens with one attached hydrogen (secondary N) is 1. The fourth-order valence-corrected chi connectivity index (χ4v) is 2.64. The molecule has 0 aliphatic carbocycles. The van der Waals surface area contributed by atoms with Crippen molar-refractivity contribution >= 4 is 29.2 Å². The van der Waals surface area contributed by atoms with Gasteiger partial charge in [-0.1, -0.05) is 18.2 Å². The third kappa shape index (κ3) is 3.17. The molecule has 8 heteroatoms. The summed E-state index contributed by atoms with van der Waals surface area (Å²) < 4.78 is 0. The van der Waals surface area contributed by atoms with Crippen molar-refractivity contribution in [3.8, 4) is 0 Å². The first-order chi connectivity index (χ1) is 11.3. The highest BCUT2D eigenvalue weighted by Crippen LogP contribution is 2.30. The lowest BCUT2D eigenvalue weighted by atomic mass is 9.99. The summed E-state index contributed by atoms with van der Waals surface area (Å²) in [6.07, 6.45) is 0.782. The van der Waals surface area contributed by atoms with Crippen LogP contribution in [0.4, 0.5) is 17.6 Å². The number of hydrogen-bond donors (Lipinski definition) is 2. The number of rotatable bonds is 3. The average molecular weight is 325 g/mol. The van der Waals surface area contributed by atoms with Crippen molar-refractivity contribution in [2.45, 2.75) is 32.7 Å². The maximum Gasteiger partial charge on any atom is 0.293 e. The molecule has 0 radical (unpaired) electrons. The molecular weight excluding hydrogens is 306 g/mol. The molecule has 8 nitrogen and oxygen atoms in total. The Bertz CT molecular complexity index is 801. The van der Waals surface area contributed by atoms with Gasteiger partial charge in [0.05, 0.1) is 5.54 Å². The Balaban J connectivity index is 1.91. The largest absolute Gasteiger partial charge is 0.368 e. The Hall–Kier alpha value is -3.03. The van der Waals surface area contributed by atoms with Crippen LogP contribution in [0, 0.1) is 0 Å². The lowest BCUT2D eigenvalue weighted by Crippen LogP contribution is -2.38. The molecule has 1 aliphatic heterocycles. The van der Waals surface area contributed by atoms with Gasteiger partial charge in [-0.2, -0.15) is 20.1 Å². The summed E-state index contributed by atoms with van der Waals surface area (Å²) in [7, 11) is 0. The minimum Gasteiger partial charge on any atom is -0.368 e. The fourth-order valence-electron chi connectivity index (χ4n) is 2.64. The number of benzene rings is 1. The number of carbonyl (C=O) groups excluding carboxylic acids is 1. The van der Waals surface area contributed by atoms with E-state index in [1.165, 1.54) is 0 Å². The van der Waals surface area contributed by atoms with Crippen molar-refractivity contribution in [1.29, 1.82) is 0 Å². The molecule has 3 rings (SSSR count). The highest BCUT2D eigenvalue weighted by atomic mass is 16.2. The third-order valence-corrected chi connectivity index (χ3v) is 3.60. The normalized spacial score (nSPS) is 16.0. The molecule has 1 aromatic carbocycles. The van der Waals surface area contributed by atoms with Gasteiger partial charge in [-0.05, 0) is 32.9 Å². The van der Waals surface area contributed by atoms with Gasteiger partial charge in [-0.25, -0.2) is 5.01 Å². The molecule has 3 N–H and O–H groups in total. The van der Waals surface area contributed by atoms with Gasteiger partial charge in [0.25, 0.3) is 11.9 Å². The smallest absolute Gasteiger partial charge is 0.293 e. The molecule has 0 saturated carbocycles. The zero-order chi connectivity index (χ0) is 17.3. The van der Waals surface area contributed by atoms with Crippen LogP contribution in [0.15, 0.2) is 35.4 Å². The van der Waals surface area contributed by atoms with Crippen LogP contribution in [0.25, 0.3) is 0 Å². The van der Waals surface area contributed by atoms with Gasteiger partial charge in [0.1, 0.15) is 0 Å². The van der Waals surface area contributed by atoms with Gasteiger partial charge in [-0.3, -0.25) is 4.79 Å². The molecule has 0 unspecified atom stereocenters. The van der Waals surface area contributed by atoms with Gasteiger partial charge in [0.2, 0.25) is 11.8 Å². The molecule has 2 heterocycles. The van der Waals surface area contributed by atoms with E-state index in [1.807, 2.05) is 39.0 Å². The number of nitrogens with zero attached hydrogens (tertiary/aromatic N) is 5. The summed E-state index contributed by atoms with van der Waals surface area (Å²) >= 11 is 0. The third-order valence-electron chi connectivity index (χ3n) is 3.60. The zero-order valence-electron chi connectivity index (χ0n) is 13.8. The summed E-state index contributed by atoms with van der Waals surface area (Å²) in [6.45, 7) is 5.99. The van der Waals surface area contributed by atoms with Gasteiger partial charge in [0, 0.05) is 17.8 Å². The van der Waals surface area contributed by atoms with E-state index in [0.29, 0.717) is 5.69 Å². The summed E-state index contributed by atoms with van der Waals surface area (Å²) in [5, 5.41) is 8.86. The van der Waals surface area contributed by atoms with E-state index in [1.54, 1.807) is 17.1 Å². The molecule has 0 spiro atoms. The van der Waals surface area contributed by atoms with E-state index >= 15 is 0 Å². The van der Waals surface area contributed by atoms with Crippen molar-refractivity contribution in [3.05, 3.63) is 36.2 Å². The first kappa shape index (κ1) is 15.9. The molecule has 124 valence electrons. The Morgan fingerprint density at radius 1 is 1.21 bits per heavy atom. The highest BCUT2D eigenvalue weighted by molar-refractivity contribution is 6.01. The molecule has 0 atom stereocenters. The highest BCUT2D eigenvalue weighted by Gasteiger charge is 2.35. The second-order valence-corrected chi connectivity index (χ2v) is 6.27. The molecule has 2 aromatic rings. The lowest BCUT2D eigenvalue weighted by Gasteiger charge is -2.28. The second kappa shape index (κ2) is 5.88. The van der Waals surface area contributed by atoms with Gasteiger partial charge >= 0.3 is 0 Å². The first-order valence-electron chi connectivity index (χ1n) is 7.57. The first-order valence-corrected chi connectivity index (χ1v) is 7.57. The van der Waals surface area contributed by atoms with Crippen molar-refractivity contribution in [1.82, 2.24) is 15.0 Å². The topological polar surface area (TPSA) is 109 Å². The predicted octanol–water partition coefficient (Wildman–Crippen LogP) is 2.07. The molecule has 1 aliphatic rings. The summed E-state index contributed by atoms with van der Waals surface area (Å²) in [4.78, 5) is 24.7. The predicted molar refractivity (Wildman–Crippen MR) is 92.9 cm³/mol. The number of carbonyl (C=O) groups is 1. The lowest BCUT2D eigenvalue weighted by molar-refractivity contribution is 0.101. The van der Waals surface area contributed by atoms with E-state index in [0.717, 1.165) is 12.1 Å². The van der Waals surface area contributed by atoms with Crippen LogP contribution in [0.5, 0.6) is 0 Å². The Kier molecular flexibility index (Phi) is 3.88. The number of nitrogen functional groups attached to an aromatic ring is 1. The standard InChI is InChI=1S/C16H19N7O/c1-10-9-16(2,3)23(22-10)15-20-12(19-14(17)21-15)13(24)18-11-7-5-4-6-8-11/h4-8H,9H2,1-3H3,(H,18,24)(H2,17,19,20,21). The summed E-state index contributed by atoms with van der Waals surface area (Å²) in [5.41, 5.74) is 7.10. The van der Waals surface area contributed by atoms with Gasteiger partial charge in [0.15, 0.2) is 0 Å². The maximum absolute atomic E-state index is 12.4. The van der Waals surface area contributed by atoms with Crippen molar-refractivity contribution < 1.29 is 4.79 Å². The number of hydrazone groups is 1. The molecule has 0 fully saturated rings. The number of hydrogen-bond acceptors (Lipinski definition) is 7. The fraction of sp³-hybridized carbons (Fsp3) is 0.312. The van der Waals surface area contributed by atoms with E-state index in [2.05, 4.69) is 25.4 Å². The second-order valence-electron chi connectivity index (χ2n) is 6.27. The van der Waals surface area contributed by atoms with Crippen LogP contribution in [0.1, 0.15) is 37.8 Å². The molecule has 24 heavy (non-hydrogen) atoms. The number of para-hydroxylation sites is 1. The Labute approximate surface area is 139 Å². The number of aromatic nitrogens is 3. The number of anilines is 3. The van der Waals surface area contributed by atoms with Crippen LogP contribution in [0.2, 0.25) is 0 Å². The van der Waals surface area contributed by atoms with Crippen LogP contribution in [-0.2, 0) is 0 Å². The summed E-state index contributed by atoms with van der Waals surface area (Å²) in [5.74, 6) is -0.248. The van der Waals surface area contributed by atoms with E-state index < -0.39 is 5.91 Å². The SMILES string of the molecule is CC1=NN(c2nc(N)nc(C(=O)Nc3ccccc3)n2)C(C)(C)C1. The number of amides is 1. The van der Waals surface area contributed by atoms with Crippen molar-refractivity contribution in [2.75, 3.05) is 16.1 Å². The zero-order valence-corrected chi connectivity index (χ0v) is 13.8. The van der Waals surface area contributed by atoms with E-state index in [9.17, 15) is 4.79 Å². The van der Waals surface area contributed by atoms with E-state index in [-0.39, 0.29) is 23.3 Å². The van der Waals surface area contributed by atoms with E-state index in [4.69, 9.17) is 5.73 Å². The van der Waals surface area contributed by atoms with Crippen LogP contribution in [-0.4, -0.2) is 32.1 Å². The number of nitrogens with two attached hydrogens (primary N) is 1. The minimum absolute atomic E-state index is 0.0197. The van der Waals surface area contributed by atoms with Crippen molar-refractivity contribution in [3.63, 3.8) is 0 Å². The van der Waals surface area contributed by atoms with Crippen LogP contribution < -0.4 is 16.1 Å². The summed E-state index contributed by atoms with van der Waals surface area (Å²) in [6, 6.07) is 9.08. The monoisotopic (exact) mass is 325 g/mol. The molecule has 1 aromatic heterocycles. The van der Waals surface area contributed by atoms with Crippen LogP contribution >= 0.6 is 0 Å². The van der Waals surface area contributed by atoms with Gasteiger partial charge in [-0.15, -0.1) is 0 Å². The molecular formula is C16H19N7O. The molecule has 0 bridgehead atoms. The molecule has 0 saturated heterocycles. The van der Waals surface area contributed by atoms with Crippen LogP contribution in [0.3, 0.4) is 0 Å². The maximum atomic E-state index is 12.4. The average Bonchev–Trinajstić information content (AvgIpc) is 2.80. The quantitative estimate of drug-likeness (QED) is 0.894. The molecule has 1 amide bonds. The van der Waals surface area contributed by atoms with Crippen molar-refractivity contribution in [2.24, 2.45) is 5.10 Å². The minimum atomic E-state index is -0.450. The Morgan fingerprint density at radius 2 is 1.92 bits per heavy atom. The van der Waals surface area contributed by atoms with Gasteiger partial charge < -0.3 is 11.1 Å². The Morgan fingerprint density at radius 3 is 2.54 bits per heavy atom.